The van der Waals surface area contributed by atoms with E-state index in [2.05, 4.69) is 17.2 Å². The number of hydrogen-bond donors (Lipinski definition) is 1. The number of aromatic nitrogens is 2. The topological polar surface area (TPSA) is 70.2 Å². The zero-order chi connectivity index (χ0) is 18.5. The van der Waals surface area contributed by atoms with Gasteiger partial charge in [-0.2, -0.15) is 5.26 Å². The Morgan fingerprint density at radius 2 is 2.19 bits per heavy atom. The quantitative estimate of drug-likeness (QED) is 0.483. The summed E-state index contributed by atoms with van der Waals surface area (Å²) in [6.07, 6.45) is 6.55. The van der Waals surface area contributed by atoms with E-state index in [0.717, 1.165) is 19.3 Å². The Labute approximate surface area is 160 Å². The largest absolute Gasteiger partial charge is 0.321 e. The summed E-state index contributed by atoms with van der Waals surface area (Å²) in [5.74, 6) is -0.477. The second-order valence-electron chi connectivity index (χ2n) is 5.77. The molecule has 0 spiro atoms. The standard InChI is InChI=1S/C19H17ClN4OS/c1-2-3-4-13-5-7-15(8-6-13)22-18(25)14(12-21)11-16-17(20)23-19-24(16)9-10-26-19/h5-11H,2-4H2,1H3,(H,22,25)/b14-11+. The first-order chi connectivity index (χ1) is 12.6. The normalized spacial score (nSPS) is 11.5. The minimum atomic E-state index is -0.477. The van der Waals surface area contributed by atoms with Crippen LogP contribution in [0.15, 0.2) is 41.4 Å². The van der Waals surface area contributed by atoms with Crippen molar-refractivity contribution < 1.29 is 4.79 Å². The molecular weight excluding hydrogens is 368 g/mol. The van der Waals surface area contributed by atoms with Crippen molar-refractivity contribution in [2.45, 2.75) is 26.2 Å². The third kappa shape index (κ3) is 3.96. The number of carbonyl (C=O) groups is 1. The number of amides is 1. The molecule has 2 heterocycles. The van der Waals surface area contributed by atoms with Crippen LogP contribution < -0.4 is 5.32 Å². The highest BCUT2D eigenvalue weighted by atomic mass is 35.5. The van der Waals surface area contributed by atoms with Crippen LogP contribution in [0, 0.1) is 11.3 Å². The van der Waals surface area contributed by atoms with Gasteiger partial charge in [-0.25, -0.2) is 4.98 Å². The van der Waals surface area contributed by atoms with Crippen LogP contribution in [0.3, 0.4) is 0 Å². The second-order valence-corrected chi connectivity index (χ2v) is 7.00. The van der Waals surface area contributed by atoms with Crippen LogP contribution in [0.25, 0.3) is 11.0 Å². The van der Waals surface area contributed by atoms with E-state index in [1.807, 2.05) is 35.7 Å². The molecule has 0 atom stereocenters. The maximum atomic E-state index is 12.4. The van der Waals surface area contributed by atoms with E-state index in [-0.39, 0.29) is 10.7 Å². The number of carbonyl (C=O) groups excluding carboxylic acids is 1. The summed E-state index contributed by atoms with van der Waals surface area (Å²) in [5, 5.41) is 14.3. The van der Waals surface area contributed by atoms with Crippen molar-refractivity contribution in [3.05, 3.63) is 57.8 Å². The zero-order valence-electron chi connectivity index (χ0n) is 14.2. The third-order valence-corrected chi connectivity index (χ3v) is 4.97. The Bertz CT molecular complexity index is 995. The van der Waals surface area contributed by atoms with E-state index in [1.54, 1.807) is 10.6 Å². The number of aryl methyl sites for hydroxylation is 1. The average Bonchev–Trinajstić information content (AvgIpc) is 3.20. The zero-order valence-corrected chi connectivity index (χ0v) is 15.8. The minimum absolute atomic E-state index is 0.0324. The van der Waals surface area contributed by atoms with Gasteiger partial charge in [-0.1, -0.05) is 37.1 Å². The Hall–Kier alpha value is -2.62. The summed E-state index contributed by atoms with van der Waals surface area (Å²) in [6.45, 7) is 2.15. The lowest BCUT2D eigenvalue weighted by molar-refractivity contribution is -0.112. The molecule has 0 unspecified atom stereocenters. The van der Waals surface area contributed by atoms with Gasteiger partial charge >= 0.3 is 0 Å². The van der Waals surface area contributed by atoms with Gasteiger partial charge in [0.25, 0.3) is 5.91 Å². The number of nitrogens with zero attached hydrogens (tertiary/aromatic N) is 3. The Morgan fingerprint density at radius 1 is 1.42 bits per heavy atom. The summed E-state index contributed by atoms with van der Waals surface area (Å²) in [7, 11) is 0. The fourth-order valence-electron chi connectivity index (χ4n) is 2.53. The predicted molar refractivity (Wildman–Crippen MR) is 105 cm³/mol. The van der Waals surface area contributed by atoms with Gasteiger partial charge in [-0.15, -0.1) is 11.3 Å². The van der Waals surface area contributed by atoms with Crippen molar-refractivity contribution in [2.75, 3.05) is 5.32 Å². The van der Waals surface area contributed by atoms with Gasteiger partial charge in [0.05, 0.1) is 5.69 Å². The second kappa shape index (κ2) is 8.17. The number of rotatable bonds is 6. The molecule has 3 rings (SSSR count). The van der Waals surface area contributed by atoms with Gasteiger partial charge < -0.3 is 5.32 Å². The van der Waals surface area contributed by atoms with Crippen molar-refractivity contribution in [3.63, 3.8) is 0 Å². The summed E-state index contributed by atoms with van der Waals surface area (Å²) in [6, 6.07) is 9.61. The molecule has 1 aromatic carbocycles. The smallest absolute Gasteiger partial charge is 0.266 e. The first-order valence-corrected chi connectivity index (χ1v) is 9.51. The molecule has 1 amide bonds. The number of nitriles is 1. The molecular formula is C19H17ClN4OS. The van der Waals surface area contributed by atoms with Gasteiger partial charge in [0.15, 0.2) is 10.1 Å². The van der Waals surface area contributed by atoms with Crippen LogP contribution in [-0.2, 0) is 11.2 Å². The molecule has 0 bridgehead atoms. The van der Waals surface area contributed by atoms with Gasteiger partial charge in [0, 0.05) is 17.3 Å². The monoisotopic (exact) mass is 384 g/mol. The van der Waals surface area contributed by atoms with Crippen molar-refractivity contribution >= 4 is 45.6 Å². The van der Waals surface area contributed by atoms with Crippen LogP contribution in [0.5, 0.6) is 0 Å². The number of halogens is 1. The molecule has 5 nitrogen and oxygen atoms in total. The van der Waals surface area contributed by atoms with Crippen LogP contribution in [0.4, 0.5) is 5.69 Å². The SMILES string of the molecule is CCCCc1ccc(NC(=O)/C(C#N)=C/c2c(Cl)nc3sccn23)cc1. The molecule has 0 fully saturated rings. The Balaban J connectivity index is 1.78. The lowest BCUT2D eigenvalue weighted by atomic mass is 10.1. The van der Waals surface area contributed by atoms with E-state index >= 15 is 0 Å². The lowest BCUT2D eigenvalue weighted by Gasteiger charge is -2.06. The Kier molecular flexibility index (Phi) is 5.71. The molecule has 132 valence electrons. The van der Waals surface area contributed by atoms with Crippen molar-refractivity contribution in [3.8, 4) is 6.07 Å². The maximum absolute atomic E-state index is 12.4. The molecule has 26 heavy (non-hydrogen) atoms. The Morgan fingerprint density at radius 3 is 2.88 bits per heavy atom. The van der Waals surface area contributed by atoms with Crippen molar-refractivity contribution in [1.29, 1.82) is 5.26 Å². The van der Waals surface area contributed by atoms with Crippen molar-refractivity contribution in [1.82, 2.24) is 9.38 Å². The summed E-state index contributed by atoms with van der Waals surface area (Å²) in [5.41, 5.74) is 2.36. The molecule has 0 radical (unpaired) electrons. The number of unbranched alkanes of at least 4 members (excludes halogenated alkanes) is 1. The van der Waals surface area contributed by atoms with Gasteiger partial charge in [-0.3, -0.25) is 9.20 Å². The molecule has 0 aliphatic rings. The third-order valence-electron chi connectivity index (χ3n) is 3.93. The van der Waals surface area contributed by atoms with E-state index < -0.39 is 5.91 Å². The number of thiazole rings is 1. The van der Waals surface area contributed by atoms with E-state index in [9.17, 15) is 10.1 Å². The first-order valence-electron chi connectivity index (χ1n) is 8.25. The van der Waals surface area contributed by atoms with Crippen molar-refractivity contribution in [2.24, 2.45) is 0 Å². The molecule has 3 aromatic rings. The fourth-order valence-corrected chi connectivity index (χ4v) is 3.52. The van der Waals surface area contributed by atoms with Crippen LogP contribution in [0.2, 0.25) is 5.15 Å². The number of anilines is 1. The highest BCUT2D eigenvalue weighted by Gasteiger charge is 2.14. The van der Waals surface area contributed by atoms with Gasteiger partial charge in [0.2, 0.25) is 0 Å². The molecule has 0 saturated heterocycles. The average molecular weight is 385 g/mol. The summed E-state index contributed by atoms with van der Waals surface area (Å²) < 4.78 is 1.75. The molecule has 1 N–H and O–H groups in total. The molecule has 0 aliphatic heterocycles. The first kappa shape index (κ1) is 18.2. The molecule has 2 aromatic heterocycles. The number of fused-ring (bicyclic) bond motifs is 1. The molecule has 0 aliphatic carbocycles. The van der Waals surface area contributed by atoms with E-state index in [0.29, 0.717) is 16.3 Å². The van der Waals surface area contributed by atoms with Gasteiger partial charge in [-0.05, 0) is 36.6 Å². The maximum Gasteiger partial charge on any atom is 0.266 e. The summed E-state index contributed by atoms with van der Waals surface area (Å²) in [4.78, 5) is 17.3. The van der Waals surface area contributed by atoms with Gasteiger partial charge in [0.1, 0.15) is 11.6 Å². The summed E-state index contributed by atoms with van der Waals surface area (Å²) >= 11 is 7.55. The minimum Gasteiger partial charge on any atom is -0.321 e. The fraction of sp³-hybridized carbons (Fsp3) is 0.211. The van der Waals surface area contributed by atoms with Crippen LogP contribution >= 0.6 is 22.9 Å². The predicted octanol–water partition coefficient (Wildman–Crippen LogP) is 4.94. The highest BCUT2D eigenvalue weighted by Crippen LogP contribution is 2.24. The number of nitrogens with one attached hydrogen (secondary N) is 1. The number of benzene rings is 1. The lowest BCUT2D eigenvalue weighted by Crippen LogP contribution is -2.13. The molecule has 7 heteroatoms. The van der Waals surface area contributed by atoms with E-state index in [1.165, 1.54) is 23.0 Å². The van der Waals surface area contributed by atoms with E-state index in [4.69, 9.17) is 11.6 Å². The van der Waals surface area contributed by atoms with Crippen LogP contribution in [-0.4, -0.2) is 15.3 Å². The molecule has 0 saturated carbocycles. The number of hydrogen-bond acceptors (Lipinski definition) is 4. The van der Waals surface area contributed by atoms with Crippen LogP contribution in [0.1, 0.15) is 31.0 Å². The highest BCUT2D eigenvalue weighted by molar-refractivity contribution is 7.15. The number of imidazole rings is 1.